The van der Waals surface area contributed by atoms with Crippen molar-refractivity contribution in [3.63, 3.8) is 0 Å². The number of rotatable bonds is 0. The third-order valence-corrected chi connectivity index (χ3v) is 6.09. The number of hydrogen-bond acceptors (Lipinski definition) is 1. The molecule has 2 fully saturated rings. The summed E-state index contributed by atoms with van der Waals surface area (Å²) in [5.74, 6) is 1.70. The van der Waals surface area contributed by atoms with Crippen LogP contribution < -0.4 is 0 Å². The summed E-state index contributed by atoms with van der Waals surface area (Å²) < 4.78 is 0.423. The van der Waals surface area contributed by atoms with E-state index >= 15 is 0 Å². The first-order valence-corrected chi connectivity index (χ1v) is 6.94. The van der Waals surface area contributed by atoms with Gasteiger partial charge in [0, 0.05) is 19.5 Å². The predicted octanol–water partition coefficient (Wildman–Crippen LogP) is 1.42. The zero-order chi connectivity index (χ0) is 11.2. The summed E-state index contributed by atoms with van der Waals surface area (Å²) in [4.78, 5) is 13.6. The van der Waals surface area contributed by atoms with Gasteiger partial charge in [-0.25, -0.2) is 0 Å². The minimum Gasteiger partial charge on any atom is -0.342 e. The fraction of sp³-hybridized carbons (Fsp3) is 0.909. The number of carbonyl (C=O) groups excluding carboxylic acids is 1. The van der Waals surface area contributed by atoms with E-state index in [4.69, 9.17) is 0 Å². The molecule has 2 rings (SSSR count). The van der Waals surface area contributed by atoms with E-state index in [0.717, 1.165) is 12.3 Å². The normalized spacial score (nSPS) is 46.5. The van der Waals surface area contributed by atoms with E-state index in [1.807, 2.05) is 11.9 Å². The highest BCUT2D eigenvalue weighted by Gasteiger charge is 2.43. The predicted molar refractivity (Wildman–Crippen MR) is 73.0 cm³/mol. The highest BCUT2D eigenvalue weighted by atomic mass is 127. The first kappa shape index (κ1) is 11.7. The van der Waals surface area contributed by atoms with Gasteiger partial charge in [0.15, 0.2) is 0 Å². The van der Waals surface area contributed by atoms with Crippen molar-refractivity contribution in [2.24, 2.45) is 11.8 Å². The van der Waals surface area contributed by atoms with E-state index in [1.165, 1.54) is 19.3 Å². The maximum atomic E-state index is 11.6. The van der Waals surface area contributed by atoms with Gasteiger partial charge in [-0.15, -0.1) is 0 Å². The minimum atomic E-state index is 0.356. The summed E-state index contributed by atoms with van der Waals surface area (Å²) in [6.45, 7) is 2.34. The first-order chi connectivity index (χ1) is 6.92. The van der Waals surface area contributed by atoms with Crippen molar-refractivity contribution in [2.45, 2.75) is 42.0 Å². The van der Waals surface area contributed by atoms with Crippen LogP contribution in [0.15, 0.2) is 0 Å². The molecule has 1 saturated carbocycles. The van der Waals surface area contributed by atoms with Gasteiger partial charge in [-0.3, -0.25) is 4.79 Å². The average molecular weight is 319 g/mol. The van der Waals surface area contributed by atoms with E-state index < -0.39 is 0 Å². The Morgan fingerprint density at radius 1 is 1.60 bits per heavy atom. The van der Waals surface area contributed by atoms with Crippen LogP contribution in [0.1, 0.15) is 32.6 Å². The fourth-order valence-electron chi connectivity index (χ4n) is 3.05. The number of alkyl halides is 1. The van der Waals surface area contributed by atoms with Crippen LogP contribution in [-0.4, -0.2) is 35.1 Å². The molecule has 2 nitrogen and oxygen atoms in total. The minimum absolute atomic E-state index is 0.356. The number of amides is 1. The Hall–Kier alpha value is 0.265. The van der Waals surface area contributed by atoms with Gasteiger partial charge in [-0.2, -0.15) is 0 Å². The van der Waals surface area contributed by atoms with Gasteiger partial charge in [0.2, 0.25) is 5.91 Å². The molecule has 1 amide bonds. The molecule has 4 atom stereocenters. The van der Waals surface area contributed by atoms with Crippen LogP contribution in [0.4, 0.5) is 0 Å². The van der Waals surface area contributed by atoms with Crippen molar-refractivity contribution < 1.29 is 4.79 Å². The Labute approximate surface area is 107 Å². The lowest BCUT2D eigenvalue weighted by Gasteiger charge is -2.28. The fourth-order valence-corrected chi connectivity index (χ4v) is 3.62. The molecule has 0 bridgehead atoms. The Morgan fingerprint density at radius 3 is 2.93 bits per heavy atom. The van der Waals surface area contributed by atoms with Gasteiger partial charge in [0.25, 0.3) is 0 Å². The maximum Gasteiger partial charge on any atom is 0.222 e. The lowest BCUT2D eigenvalue weighted by Crippen LogP contribution is -2.31. The standard InChI is InChI=1S/C11H19BINO/c1-7-5-8-6-10(15)14(2)9(8)3-4-11(7,12)13/h7-9H,3-6,12H2,1-2H3. The number of carbonyl (C=O) groups is 1. The van der Waals surface area contributed by atoms with Gasteiger partial charge in [-0.1, -0.05) is 29.5 Å². The number of nitrogens with zero attached hydrogens (tertiary/aromatic N) is 1. The molecule has 0 N–H and O–H groups in total. The van der Waals surface area contributed by atoms with E-state index in [-0.39, 0.29) is 0 Å². The Morgan fingerprint density at radius 2 is 2.27 bits per heavy atom. The van der Waals surface area contributed by atoms with Gasteiger partial charge in [0.1, 0.15) is 7.85 Å². The smallest absolute Gasteiger partial charge is 0.222 e. The average Bonchev–Trinajstić information content (AvgIpc) is 2.33. The van der Waals surface area contributed by atoms with Crippen LogP contribution >= 0.6 is 22.6 Å². The number of hydrogen-bond donors (Lipinski definition) is 0. The van der Waals surface area contributed by atoms with Crippen LogP contribution in [0.5, 0.6) is 0 Å². The number of halogens is 1. The summed E-state index contributed by atoms with van der Waals surface area (Å²) in [7, 11) is 4.34. The van der Waals surface area contributed by atoms with E-state index in [0.29, 0.717) is 21.2 Å². The highest BCUT2D eigenvalue weighted by molar-refractivity contribution is 14.1. The summed E-state index contributed by atoms with van der Waals surface area (Å²) in [5.41, 5.74) is 0. The van der Waals surface area contributed by atoms with E-state index in [1.54, 1.807) is 0 Å². The van der Waals surface area contributed by atoms with Crippen LogP contribution in [-0.2, 0) is 4.79 Å². The molecule has 4 unspecified atom stereocenters. The molecule has 4 heteroatoms. The monoisotopic (exact) mass is 319 g/mol. The molecule has 15 heavy (non-hydrogen) atoms. The van der Waals surface area contributed by atoms with Gasteiger partial charge >= 0.3 is 0 Å². The Balaban J connectivity index is 2.16. The molecule has 84 valence electrons. The van der Waals surface area contributed by atoms with Crippen LogP contribution in [0, 0.1) is 11.8 Å². The molecule has 1 saturated heterocycles. The van der Waals surface area contributed by atoms with Crippen molar-refractivity contribution in [1.82, 2.24) is 4.90 Å². The maximum absolute atomic E-state index is 11.6. The molecule has 0 aromatic carbocycles. The van der Waals surface area contributed by atoms with Crippen molar-refractivity contribution in [2.75, 3.05) is 7.05 Å². The molecule has 1 heterocycles. The summed E-state index contributed by atoms with van der Waals surface area (Å²) in [5, 5.41) is 0. The number of likely N-dealkylation sites (tertiary alicyclic amines) is 1. The van der Waals surface area contributed by atoms with Crippen molar-refractivity contribution in [1.29, 1.82) is 0 Å². The Bertz CT molecular complexity index is 282. The van der Waals surface area contributed by atoms with Gasteiger partial charge in [0.05, 0.1) is 0 Å². The molecule has 0 spiro atoms. The van der Waals surface area contributed by atoms with E-state index in [9.17, 15) is 4.79 Å². The molecule has 1 aliphatic carbocycles. The summed E-state index contributed by atoms with van der Waals surface area (Å²) in [6, 6.07) is 0.525. The molecular formula is C11H19BINO. The van der Waals surface area contributed by atoms with Crippen molar-refractivity contribution in [3.8, 4) is 0 Å². The Kier molecular flexibility index (Phi) is 3.08. The third-order valence-electron chi connectivity index (χ3n) is 4.48. The molecule has 0 aromatic rings. The lowest BCUT2D eigenvalue weighted by atomic mass is 9.73. The second-order valence-corrected chi connectivity index (χ2v) is 7.95. The van der Waals surface area contributed by atoms with Gasteiger partial charge in [-0.05, 0) is 34.4 Å². The van der Waals surface area contributed by atoms with Crippen LogP contribution in [0.3, 0.4) is 0 Å². The largest absolute Gasteiger partial charge is 0.342 e. The lowest BCUT2D eigenvalue weighted by molar-refractivity contribution is -0.127. The zero-order valence-corrected chi connectivity index (χ0v) is 12.0. The third kappa shape index (κ3) is 2.06. The zero-order valence-electron chi connectivity index (χ0n) is 9.79. The quantitative estimate of drug-likeness (QED) is 0.376. The first-order valence-electron chi connectivity index (χ1n) is 5.86. The van der Waals surface area contributed by atoms with Crippen LogP contribution in [0.25, 0.3) is 0 Å². The molecule has 2 aliphatic rings. The topological polar surface area (TPSA) is 20.3 Å². The van der Waals surface area contributed by atoms with Crippen molar-refractivity contribution in [3.05, 3.63) is 0 Å². The van der Waals surface area contributed by atoms with E-state index in [2.05, 4.69) is 37.4 Å². The SMILES string of the molecule is BC1(I)CCC2C(CC(=O)N2C)CC1C. The number of fused-ring (bicyclic) bond motifs is 1. The summed E-state index contributed by atoms with van der Waals surface area (Å²) in [6.07, 6.45) is 4.45. The van der Waals surface area contributed by atoms with Gasteiger partial charge < -0.3 is 4.90 Å². The summed E-state index contributed by atoms with van der Waals surface area (Å²) >= 11 is 2.61. The highest BCUT2D eigenvalue weighted by Crippen LogP contribution is 2.43. The molecular weight excluding hydrogens is 300 g/mol. The second kappa shape index (κ2) is 3.93. The molecule has 0 aromatic heterocycles. The van der Waals surface area contributed by atoms with Crippen molar-refractivity contribution >= 4 is 36.3 Å². The second-order valence-electron chi connectivity index (χ2n) is 5.49. The molecule has 1 aliphatic heterocycles. The van der Waals surface area contributed by atoms with Crippen LogP contribution in [0.2, 0.25) is 0 Å². The molecule has 0 radical (unpaired) electrons.